The van der Waals surface area contributed by atoms with Crippen LogP contribution >= 0.6 is 0 Å². The number of allylic oxidation sites excluding steroid dienone is 4. The van der Waals surface area contributed by atoms with Gasteiger partial charge in [-0.05, 0) is 30.4 Å². The number of carbonyl (C=O) groups is 1. The molecule has 1 aromatic rings. The van der Waals surface area contributed by atoms with Gasteiger partial charge in [0.05, 0.1) is 0 Å². The highest BCUT2D eigenvalue weighted by Gasteiger charge is 1.96. The Bertz CT molecular complexity index is 484. The molecule has 112 valence electrons. The number of hydrogen-bond donors (Lipinski definition) is 1. The van der Waals surface area contributed by atoms with Gasteiger partial charge in [-0.1, -0.05) is 74.6 Å². The molecule has 0 radical (unpaired) electrons. The maximum atomic E-state index is 11.4. The quantitative estimate of drug-likeness (QED) is 0.428. The molecule has 2 nitrogen and oxygen atoms in total. The number of rotatable bonds is 8. The molecule has 0 aliphatic heterocycles. The first-order chi connectivity index (χ1) is 10.2. The lowest BCUT2D eigenvalue weighted by Crippen LogP contribution is -2.25. The van der Waals surface area contributed by atoms with E-state index in [-0.39, 0.29) is 5.91 Å². The van der Waals surface area contributed by atoms with Gasteiger partial charge < -0.3 is 5.32 Å². The predicted octanol–water partition coefficient (Wildman–Crippen LogP) is 4.36. The van der Waals surface area contributed by atoms with Crippen LogP contribution < -0.4 is 5.32 Å². The summed E-state index contributed by atoms with van der Waals surface area (Å²) < 4.78 is 0. The highest BCUT2D eigenvalue weighted by Crippen LogP contribution is 2.01. The standard InChI is InChI=1S/C19H25NO/c1-17(2)16-20-19(21)15-11-6-4-3-5-8-12-18-13-9-7-10-14-18/h3,5,7-15,17H,4,6,16H2,1-2H3,(H,20,21)/b5-3-,12-8+,15-11+. The average Bonchev–Trinajstić information content (AvgIpc) is 2.49. The van der Waals surface area contributed by atoms with E-state index in [0.717, 1.165) is 19.4 Å². The summed E-state index contributed by atoms with van der Waals surface area (Å²) >= 11 is 0. The lowest BCUT2D eigenvalue weighted by molar-refractivity contribution is -0.116. The topological polar surface area (TPSA) is 29.1 Å². The average molecular weight is 283 g/mol. The van der Waals surface area contributed by atoms with Gasteiger partial charge in [0.25, 0.3) is 0 Å². The molecule has 0 spiro atoms. The van der Waals surface area contributed by atoms with Crippen LogP contribution in [-0.2, 0) is 4.79 Å². The van der Waals surface area contributed by atoms with Gasteiger partial charge >= 0.3 is 0 Å². The first kappa shape index (κ1) is 17.0. The summed E-state index contributed by atoms with van der Waals surface area (Å²) in [4.78, 5) is 11.4. The monoisotopic (exact) mass is 283 g/mol. The summed E-state index contributed by atoms with van der Waals surface area (Å²) in [5, 5.41) is 2.86. The van der Waals surface area contributed by atoms with Crippen molar-refractivity contribution in [2.24, 2.45) is 5.92 Å². The van der Waals surface area contributed by atoms with Gasteiger partial charge in [-0.25, -0.2) is 0 Å². The van der Waals surface area contributed by atoms with Crippen LogP contribution in [0.25, 0.3) is 6.08 Å². The molecule has 0 aliphatic rings. The number of hydrogen-bond acceptors (Lipinski definition) is 1. The summed E-state index contributed by atoms with van der Waals surface area (Å²) in [6, 6.07) is 10.2. The van der Waals surface area contributed by atoms with Crippen LogP contribution in [-0.4, -0.2) is 12.5 Å². The van der Waals surface area contributed by atoms with E-state index in [2.05, 4.69) is 43.4 Å². The van der Waals surface area contributed by atoms with Gasteiger partial charge in [0.1, 0.15) is 0 Å². The van der Waals surface area contributed by atoms with Crippen molar-refractivity contribution in [1.82, 2.24) is 5.32 Å². The molecule has 1 N–H and O–H groups in total. The molecule has 0 unspecified atom stereocenters. The van der Waals surface area contributed by atoms with E-state index in [1.54, 1.807) is 6.08 Å². The van der Waals surface area contributed by atoms with E-state index in [4.69, 9.17) is 0 Å². The third-order valence-electron chi connectivity index (χ3n) is 2.79. The minimum absolute atomic E-state index is 0.00310. The van der Waals surface area contributed by atoms with Crippen molar-refractivity contribution in [3.63, 3.8) is 0 Å². The van der Waals surface area contributed by atoms with Gasteiger partial charge in [0.2, 0.25) is 5.91 Å². The van der Waals surface area contributed by atoms with Crippen LogP contribution in [0.1, 0.15) is 32.3 Å². The summed E-state index contributed by atoms with van der Waals surface area (Å²) in [5.41, 5.74) is 1.20. The van der Waals surface area contributed by atoms with Gasteiger partial charge in [-0.2, -0.15) is 0 Å². The highest BCUT2D eigenvalue weighted by atomic mass is 16.1. The zero-order valence-electron chi connectivity index (χ0n) is 13.0. The molecule has 1 aromatic carbocycles. The molecule has 0 atom stereocenters. The Hall–Kier alpha value is -2.09. The lowest BCUT2D eigenvalue weighted by atomic mass is 10.2. The third kappa shape index (κ3) is 9.44. The van der Waals surface area contributed by atoms with Crippen molar-refractivity contribution in [2.75, 3.05) is 6.54 Å². The third-order valence-corrected chi connectivity index (χ3v) is 2.79. The van der Waals surface area contributed by atoms with Gasteiger partial charge in [0.15, 0.2) is 0 Å². The fraction of sp³-hybridized carbons (Fsp3) is 0.316. The summed E-state index contributed by atoms with van der Waals surface area (Å²) in [5.74, 6) is 0.485. The molecule has 0 saturated carbocycles. The Morgan fingerprint density at radius 2 is 1.81 bits per heavy atom. The highest BCUT2D eigenvalue weighted by molar-refractivity contribution is 5.87. The normalized spacial score (nSPS) is 12.0. The van der Waals surface area contributed by atoms with Crippen LogP contribution in [0.15, 0.2) is 60.7 Å². The van der Waals surface area contributed by atoms with Crippen LogP contribution in [0.3, 0.4) is 0 Å². The number of unbranched alkanes of at least 4 members (excludes halogenated alkanes) is 1. The Morgan fingerprint density at radius 1 is 1.10 bits per heavy atom. The Balaban J connectivity index is 2.14. The van der Waals surface area contributed by atoms with Crippen molar-refractivity contribution in [2.45, 2.75) is 26.7 Å². The number of nitrogens with one attached hydrogen (secondary N) is 1. The maximum absolute atomic E-state index is 11.4. The van der Waals surface area contributed by atoms with Gasteiger partial charge in [0, 0.05) is 6.54 Å². The second kappa shape index (κ2) is 10.7. The lowest BCUT2D eigenvalue weighted by Gasteiger charge is -2.03. The van der Waals surface area contributed by atoms with Crippen molar-refractivity contribution >= 4 is 12.0 Å². The van der Waals surface area contributed by atoms with Gasteiger partial charge in [-0.15, -0.1) is 0 Å². The first-order valence-electron chi connectivity index (χ1n) is 7.51. The molecule has 0 fully saturated rings. The SMILES string of the molecule is CC(C)CNC(=O)/C=C/CC/C=C\C=C\c1ccccc1. The fourth-order valence-corrected chi connectivity index (χ4v) is 1.65. The van der Waals surface area contributed by atoms with Crippen LogP contribution in [0.5, 0.6) is 0 Å². The maximum Gasteiger partial charge on any atom is 0.243 e. The van der Waals surface area contributed by atoms with Crippen molar-refractivity contribution in [1.29, 1.82) is 0 Å². The molecule has 2 heteroatoms. The molecule has 0 bridgehead atoms. The van der Waals surface area contributed by atoms with E-state index in [1.165, 1.54) is 5.56 Å². The number of carbonyl (C=O) groups excluding carboxylic acids is 1. The molecule has 1 amide bonds. The fourth-order valence-electron chi connectivity index (χ4n) is 1.65. The molecule has 0 aromatic heterocycles. The molecule has 0 saturated heterocycles. The molecule has 0 heterocycles. The smallest absolute Gasteiger partial charge is 0.243 e. The van der Waals surface area contributed by atoms with Crippen LogP contribution in [0.2, 0.25) is 0 Å². The van der Waals surface area contributed by atoms with Crippen LogP contribution in [0.4, 0.5) is 0 Å². The van der Waals surface area contributed by atoms with Crippen molar-refractivity contribution in [3.8, 4) is 0 Å². The molecule has 21 heavy (non-hydrogen) atoms. The molecule has 0 aliphatic carbocycles. The van der Waals surface area contributed by atoms with E-state index in [1.807, 2.05) is 36.4 Å². The number of benzene rings is 1. The summed E-state index contributed by atoms with van der Waals surface area (Å²) in [6.07, 6.45) is 13.6. The zero-order chi connectivity index (χ0) is 15.3. The second-order valence-corrected chi connectivity index (χ2v) is 5.32. The van der Waals surface area contributed by atoms with Crippen molar-refractivity contribution in [3.05, 3.63) is 66.3 Å². The zero-order valence-corrected chi connectivity index (χ0v) is 13.0. The van der Waals surface area contributed by atoms with Crippen molar-refractivity contribution < 1.29 is 4.79 Å². The second-order valence-electron chi connectivity index (χ2n) is 5.32. The molecular weight excluding hydrogens is 258 g/mol. The molecule has 1 rings (SSSR count). The van der Waals surface area contributed by atoms with Gasteiger partial charge in [-0.3, -0.25) is 4.79 Å². The number of amides is 1. The Morgan fingerprint density at radius 3 is 2.52 bits per heavy atom. The van der Waals surface area contributed by atoms with E-state index >= 15 is 0 Å². The minimum atomic E-state index is -0.00310. The summed E-state index contributed by atoms with van der Waals surface area (Å²) in [6.45, 7) is 4.89. The van der Waals surface area contributed by atoms with E-state index < -0.39 is 0 Å². The minimum Gasteiger partial charge on any atom is -0.352 e. The Kier molecular flexibility index (Phi) is 8.62. The predicted molar refractivity (Wildman–Crippen MR) is 90.8 cm³/mol. The van der Waals surface area contributed by atoms with E-state index in [0.29, 0.717) is 5.92 Å². The largest absolute Gasteiger partial charge is 0.352 e. The van der Waals surface area contributed by atoms with E-state index in [9.17, 15) is 4.79 Å². The first-order valence-corrected chi connectivity index (χ1v) is 7.51. The molecular formula is C19H25NO. The van der Waals surface area contributed by atoms with Crippen LogP contribution in [0, 0.1) is 5.92 Å². The summed E-state index contributed by atoms with van der Waals surface area (Å²) in [7, 11) is 0. The Labute approximate surface area is 128 Å².